The van der Waals surface area contributed by atoms with Gasteiger partial charge in [-0.2, -0.15) is 0 Å². The normalized spacial score (nSPS) is 13.9. The van der Waals surface area contributed by atoms with Crippen LogP contribution >= 0.6 is 23.2 Å². The number of phenols is 5. The van der Waals surface area contributed by atoms with Crippen molar-refractivity contribution in [3.63, 3.8) is 0 Å². The van der Waals surface area contributed by atoms with Gasteiger partial charge in [0.2, 0.25) is 5.78 Å². The number of carbonyl (C=O) groups is 1. The Balaban J connectivity index is 1.95. The highest BCUT2D eigenvalue weighted by molar-refractivity contribution is 6.38. The molecule has 0 radical (unpaired) electrons. The minimum absolute atomic E-state index is 0.0571. The fourth-order valence-electron chi connectivity index (χ4n) is 5.27. The maximum absolute atomic E-state index is 13.8. The van der Waals surface area contributed by atoms with E-state index < -0.39 is 28.4 Å². The largest absolute Gasteiger partial charge is 0.507 e. The van der Waals surface area contributed by atoms with E-state index in [-0.39, 0.29) is 49.0 Å². The molecule has 9 heteroatoms. The number of rotatable bonds is 2. The Morgan fingerprint density at radius 3 is 1.97 bits per heavy atom. The Morgan fingerprint density at radius 2 is 1.35 bits per heavy atom. The third kappa shape index (κ3) is 3.31. The van der Waals surface area contributed by atoms with Crippen molar-refractivity contribution in [2.24, 2.45) is 0 Å². The van der Waals surface area contributed by atoms with Crippen LogP contribution < -0.4 is 4.74 Å². The van der Waals surface area contributed by atoms with E-state index in [0.29, 0.717) is 28.0 Å². The number of ether oxygens (including phenoxy) is 1. The zero-order valence-electron chi connectivity index (χ0n) is 20.2. The number of fused-ring (bicyclic) bond motifs is 3. The highest BCUT2D eigenvalue weighted by Crippen LogP contribution is 2.55. The van der Waals surface area contributed by atoms with Crippen LogP contribution in [-0.4, -0.2) is 38.4 Å². The molecule has 0 atom stereocenters. The predicted molar refractivity (Wildman–Crippen MR) is 141 cm³/mol. The molecule has 1 aliphatic rings. The molecule has 190 valence electrons. The van der Waals surface area contributed by atoms with Crippen molar-refractivity contribution < 1.29 is 35.1 Å². The molecule has 0 unspecified atom stereocenters. The summed E-state index contributed by atoms with van der Waals surface area (Å²) in [6.07, 6.45) is 0. The third-order valence-corrected chi connectivity index (χ3v) is 7.90. The van der Waals surface area contributed by atoms with Crippen molar-refractivity contribution in [2.45, 2.75) is 26.2 Å². The standard InChI is InChI=1S/C28H22Cl2O7/c1-10-5-11(37-4)6-16(31)19(10)12-8-17(32)23(29)13-7-14-21(25(34)20(12)13)26(35)22-15(28(14,2)3)9-18(33)24(30)27(22)36/h5-9,31-34,36H,1-4H3. The number of aromatic hydroxyl groups is 5. The van der Waals surface area contributed by atoms with Crippen LogP contribution in [0.4, 0.5) is 0 Å². The molecule has 5 N–H and O–H groups in total. The second-order valence-corrected chi connectivity index (χ2v) is 10.4. The number of benzene rings is 4. The van der Waals surface area contributed by atoms with Crippen molar-refractivity contribution in [1.29, 1.82) is 0 Å². The molecule has 0 saturated heterocycles. The summed E-state index contributed by atoms with van der Waals surface area (Å²) in [6, 6.07) is 7.29. The summed E-state index contributed by atoms with van der Waals surface area (Å²) >= 11 is 12.5. The third-order valence-electron chi connectivity index (χ3n) is 7.13. The molecule has 0 aliphatic heterocycles. The van der Waals surface area contributed by atoms with E-state index in [1.54, 1.807) is 32.9 Å². The van der Waals surface area contributed by atoms with Crippen LogP contribution in [0.25, 0.3) is 21.9 Å². The Bertz CT molecular complexity index is 1670. The summed E-state index contributed by atoms with van der Waals surface area (Å²) in [4.78, 5) is 13.8. The summed E-state index contributed by atoms with van der Waals surface area (Å²) < 4.78 is 5.22. The predicted octanol–water partition coefficient (Wildman–Crippen LogP) is 6.53. The van der Waals surface area contributed by atoms with Gasteiger partial charge >= 0.3 is 0 Å². The second kappa shape index (κ2) is 8.10. The van der Waals surface area contributed by atoms with Gasteiger partial charge < -0.3 is 30.3 Å². The van der Waals surface area contributed by atoms with Gasteiger partial charge in [-0.3, -0.25) is 4.79 Å². The van der Waals surface area contributed by atoms with Gasteiger partial charge in [0.25, 0.3) is 0 Å². The Morgan fingerprint density at radius 1 is 0.757 bits per heavy atom. The fourth-order valence-corrected chi connectivity index (χ4v) is 5.63. The molecule has 0 fully saturated rings. The van der Waals surface area contributed by atoms with E-state index in [2.05, 4.69) is 0 Å². The zero-order chi connectivity index (χ0) is 27.1. The highest BCUT2D eigenvalue weighted by atomic mass is 35.5. The average molecular weight is 541 g/mol. The second-order valence-electron chi connectivity index (χ2n) is 9.60. The molecular weight excluding hydrogens is 519 g/mol. The summed E-state index contributed by atoms with van der Waals surface area (Å²) in [5.74, 6) is -2.18. The quantitative estimate of drug-likeness (QED) is 0.195. The molecule has 0 spiro atoms. The van der Waals surface area contributed by atoms with E-state index >= 15 is 0 Å². The smallest absolute Gasteiger partial charge is 0.201 e. The lowest BCUT2D eigenvalue weighted by molar-refractivity contribution is 0.102. The zero-order valence-corrected chi connectivity index (χ0v) is 21.7. The highest BCUT2D eigenvalue weighted by Gasteiger charge is 2.42. The minimum atomic E-state index is -1.00. The maximum Gasteiger partial charge on any atom is 0.201 e. The fraction of sp³-hybridized carbons (Fsp3) is 0.179. The van der Waals surface area contributed by atoms with Crippen LogP contribution in [0, 0.1) is 6.92 Å². The van der Waals surface area contributed by atoms with Gasteiger partial charge in [-0.25, -0.2) is 0 Å². The molecule has 1 aliphatic carbocycles. The number of halogens is 2. The lowest BCUT2D eigenvalue weighted by Gasteiger charge is -2.36. The number of phenolic OH excluding ortho intramolecular Hbond substituents is 5. The van der Waals surface area contributed by atoms with Gasteiger partial charge in [0.15, 0.2) is 0 Å². The molecule has 5 rings (SSSR count). The monoisotopic (exact) mass is 540 g/mol. The number of carbonyl (C=O) groups excluding carboxylic acids is 1. The molecule has 7 nitrogen and oxygen atoms in total. The molecule has 0 heterocycles. The van der Waals surface area contributed by atoms with Crippen LogP contribution in [0.3, 0.4) is 0 Å². The van der Waals surface area contributed by atoms with Gasteiger partial charge in [-0.1, -0.05) is 37.0 Å². The number of aryl methyl sites for hydroxylation is 1. The summed E-state index contributed by atoms with van der Waals surface area (Å²) in [7, 11) is 1.46. The maximum atomic E-state index is 13.8. The van der Waals surface area contributed by atoms with Crippen LogP contribution in [0.2, 0.25) is 10.0 Å². The first-order valence-corrected chi connectivity index (χ1v) is 12.0. The van der Waals surface area contributed by atoms with Gasteiger partial charge in [0.1, 0.15) is 39.5 Å². The van der Waals surface area contributed by atoms with Crippen molar-refractivity contribution >= 4 is 39.8 Å². The van der Waals surface area contributed by atoms with Crippen LogP contribution in [0.5, 0.6) is 34.5 Å². The van der Waals surface area contributed by atoms with E-state index in [1.165, 1.54) is 25.3 Å². The number of ketones is 1. The summed E-state index contributed by atoms with van der Waals surface area (Å²) in [5, 5.41) is 54.1. The van der Waals surface area contributed by atoms with E-state index in [1.807, 2.05) is 0 Å². The van der Waals surface area contributed by atoms with Crippen LogP contribution in [0.15, 0.2) is 30.3 Å². The van der Waals surface area contributed by atoms with Gasteiger partial charge in [0, 0.05) is 33.4 Å². The molecule has 37 heavy (non-hydrogen) atoms. The van der Waals surface area contributed by atoms with Crippen molar-refractivity contribution in [1.82, 2.24) is 0 Å². The summed E-state index contributed by atoms with van der Waals surface area (Å²) in [6.45, 7) is 5.24. The van der Waals surface area contributed by atoms with Gasteiger partial charge in [-0.05, 0) is 47.9 Å². The minimum Gasteiger partial charge on any atom is -0.507 e. The van der Waals surface area contributed by atoms with Gasteiger partial charge in [-0.15, -0.1) is 0 Å². The molecule has 0 aromatic heterocycles. The van der Waals surface area contributed by atoms with Gasteiger partial charge in [0.05, 0.1) is 23.3 Å². The Labute approximate surface area is 221 Å². The number of hydrogen-bond donors (Lipinski definition) is 5. The number of hydrogen-bond acceptors (Lipinski definition) is 7. The Hall–Kier alpha value is -3.81. The first-order valence-electron chi connectivity index (χ1n) is 11.2. The molecule has 4 aromatic rings. The van der Waals surface area contributed by atoms with Crippen molar-refractivity contribution in [3.8, 4) is 45.6 Å². The average Bonchev–Trinajstić information content (AvgIpc) is 2.83. The Kier molecular flexibility index (Phi) is 5.44. The van der Waals surface area contributed by atoms with Crippen LogP contribution in [-0.2, 0) is 5.41 Å². The number of methoxy groups -OCH3 is 1. The van der Waals surface area contributed by atoms with E-state index in [0.717, 1.165) is 0 Å². The van der Waals surface area contributed by atoms with Crippen molar-refractivity contribution in [2.75, 3.05) is 7.11 Å². The molecule has 0 amide bonds. The lowest BCUT2D eigenvalue weighted by atomic mass is 9.67. The first kappa shape index (κ1) is 24.9. The topological polar surface area (TPSA) is 127 Å². The van der Waals surface area contributed by atoms with E-state index in [4.69, 9.17) is 27.9 Å². The lowest BCUT2D eigenvalue weighted by Crippen LogP contribution is -2.30. The molecule has 0 bridgehead atoms. The first-order chi connectivity index (χ1) is 17.3. The summed E-state index contributed by atoms with van der Waals surface area (Å²) in [5.41, 5.74) is 0.561. The SMILES string of the molecule is COc1cc(C)c(-c2cc(O)c(Cl)c3cc4c(c(O)c23)C(=O)c2c(cc(O)c(Cl)c2O)C4(C)C)c(O)c1. The molecule has 4 aromatic carbocycles. The van der Waals surface area contributed by atoms with Crippen LogP contribution in [0.1, 0.15) is 46.5 Å². The van der Waals surface area contributed by atoms with E-state index in [9.17, 15) is 30.3 Å². The molecular formula is C28H22Cl2O7. The molecule has 0 saturated carbocycles. The van der Waals surface area contributed by atoms with Crippen molar-refractivity contribution in [3.05, 3.63) is 68.2 Å².